The molecule has 0 bridgehead atoms. The van der Waals surface area contributed by atoms with E-state index in [4.69, 9.17) is 25.4 Å². The Labute approximate surface area is 237 Å². The van der Waals surface area contributed by atoms with E-state index in [-0.39, 0.29) is 12.1 Å². The third kappa shape index (κ3) is 6.14. The summed E-state index contributed by atoms with van der Waals surface area (Å²) in [5.41, 5.74) is 7.83. The molecule has 2 aromatic heterocycles. The number of nitrogens with one attached hydrogen (secondary N) is 2. The third-order valence-corrected chi connectivity index (χ3v) is 8.89. The summed E-state index contributed by atoms with van der Waals surface area (Å²) in [7, 11) is 0. The summed E-state index contributed by atoms with van der Waals surface area (Å²) < 4.78 is 8.76. The van der Waals surface area contributed by atoms with Gasteiger partial charge in [0.1, 0.15) is 5.75 Å². The number of piperidine rings is 1. The summed E-state index contributed by atoms with van der Waals surface area (Å²) in [5.74, 6) is 1.97. The molecule has 208 valence electrons. The summed E-state index contributed by atoms with van der Waals surface area (Å²) in [4.78, 5) is 29.1. The Morgan fingerprint density at radius 3 is 2.33 bits per heavy atom. The molecule has 4 N–H and O–H groups in total. The number of ether oxygens (including phenoxy) is 1. The number of halogens is 1. The highest BCUT2D eigenvalue weighted by molar-refractivity contribution is 9.10. The molecule has 6 rings (SSSR count). The Bertz CT molecular complexity index is 1280. The van der Waals surface area contributed by atoms with Crippen LogP contribution in [0, 0.1) is 0 Å². The van der Waals surface area contributed by atoms with E-state index >= 15 is 0 Å². The second-order valence-electron chi connectivity index (χ2n) is 11.1. The number of nitrogens with two attached hydrogens (primary N) is 1. The fourth-order valence-electron chi connectivity index (χ4n) is 6.05. The van der Waals surface area contributed by atoms with Gasteiger partial charge in [0.2, 0.25) is 5.95 Å². The molecular formula is C28H37BrN8O2. The van der Waals surface area contributed by atoms with Gasteiger partial charge in [0.05, 0.1) is 6.33 Å². The Morgan fingerprint density at radius 1 is 0.923 bits per heavy atom. The van der Waals surface area contributed by atoms with E-state index in [1.54, 1.807) is 17.0 Å². The van der Waals surface area contributed by atoms with Crippen LogP contribution in [-0.2, 0) is 0 Å². The molecule has 2 aliphatic carbocycles. The van der Waals surface area contributed by atoms with Crippen LogP contribution in [0.25, 0.3) is 11.2 Å². The van der Waals surface area contributed by atoms with Gasteiger partial charge < -0.3 is 30.6 Å². The number of imidazole rings is 1. The molecule has 0 unspecified atom stereocenters. The van der Waals surface area contributed by atoms with Crippen LogP contribution in [0.2, 0.25) is 0 Å². The number of fused-ring (bicyclic) bond motifs is 1. The molecule has 0 atom stereocenters. The van der Waals surface area contributed by atoms with Crippen LogP contribution in [0.4, 0.5) is 16.6 Å². The lowest BCUT2D eigenvalue weighted by atomic mass is 9.92. The van der Waals surface area contributed by atoms with Gasteiger partial charge >= 0.3 is 6.09 Å². The van der Waals surface area contributed by atoms with Crippen LogP contribution >= 0.6 is 15.9 Å². The fraction of sp³-hybridized carbons (Fsp3) is 0.571. The van der Waals surface area contributed by atoms with Crippen LogP contribution in [0.15, 0.2) is 35.1 Å². The molecule has 1 amide bonds. The molecule has 1 saturated heterocycles. The summed E-state index contributed by atoms with van der Waals surface area (Å²) in [6.07, 6.45) is 12.1. The van der Waals surface area contributed by atoms with E-state index in [1.165, 1.54) is 12.8 Å². The highest BCUT2D eigenvalue weighted by Crippen LogP contribution is 2.34. The maximum atomic E-state index is 12.7. The number of anilines is 2. The van der Waals surface area contributed by atoms with Crippen molar-refractivity contribution < 1.29 is 9.53 Å². The van der Waals surface area contributed by atoms with Crippen molar-refractivity contribution in [2.45, 2.75) is 88.4 Å². The van der Waals surface area contributed by atoms with Crippen molar-refractivity contribution in [1.29, 1.82) is 0 Å². The average Bonchev–Trinajstić information content (AvgIpc) is 3.62. The number of carbonyl (C=O) groups is 1. The Balaban J connectivity index is 1.15. The smallest absolute Gasteiger partial charge is 0.410 e. The van der Waals surface area contributed by atoms with E-state index in [1.807, 2.05) is 18.5 Å². The topological polar surface area (TPSA) is 123 Å². The minimum absolute atomic E-state index is 0.178. The maximum absolute atomic E-state index is 12.7. The van der Waals surface area contributed by atoms with Crippen molar-refractivity contribution in [3.05, 3.63) is 35.1 Å². The Kier molecular flexibility index (Phi) is 7.87. The molecule has 10 nitrogen and oxygen atoms in total. The number of amides is 1. The molecule has 39 heavy (non-hydrogen) atoms. The molecule has 1 aliphatic heterocycles. The van der Waals surface area contributed by atoms with Crippen LogP contribution < -0.4 is 21.1 Å². The van der Waals surface area contributed by atoms with Crippen molar-refractivity contribution in [2.75, 3.05) is 23.7 Å². The van der Waals surface area contributed by atoms with Crippen molar-refractivity contribution in [2.24, 2.45) is 5.73 Å². The molecule has 3 aromatic rings. The first-order chi connectivity index (χ1) is 19.0. The first-order valence-corrected chi connectivity index (χ1v) is 15.1. The lowest BCUT2D eigenvalue weighted by Crippen LogP contribution is -2.43. The number of hydrogen-bond acceptors (Lipinski definition) is 8. The van der Waals surface area contributed by atoms with Gasteiger partial charge in [-0.1, -0.05) is 28.8 Å². The summed E-state index contributed by atoms with van der Waals surface area (Å²) >= 11 is 3.41. The van der Waals surface area contributed by atoms with Crippen molar-refractivity contribution >= 4 is 45.0 Å². The zero-order valence-corrected chi connectivity index (χ0v) is 23.8. The van der Waals surface area contributed by atoms with Crippen molar-refractivity contribution in [3.63, 3.8) is 0 Å². The normalized spacial score (nSPS) is 22.8. The molecule has 1 aromatic carbocycles. The van der Waals surface area contributed by atoms with E-state index in [0.717, 1.165) is 72.8 Å². The molecule has 2 saturated carbocycles. The second-order valence-corrected chi connectivity index (χ2v) is 12.1. The Hall–Kier alpha value is -2.92. The largest absolute Gasteiger partial charge is 0.415 e. The first kappa shape index (κ1) is 26.3. The molecular weight excluding hydrogens is 560 g/mol. The fourth-order valence-corrected chi connectivity index (χ4v) is 6.31. The summed E-state index contributed by atoms with van der Waals surface area (Å²) in [5, 5.41) is 7.25. The SMILES string of the molecule is N[C@H]1CC[C@H](Nc2nc(NC3CCN(C(=O)Oc4ccc(Br)cc4)CC3)c3ncn(C4CCCC4)c3n2)CC1. The van der Waals surface area contributed by atoms with Gasteiger partial charge in [-0.05, 0) is 75.6 Å². The van der Waals surface area contributed by atoms with Crippen molar-refractivity contribution in [3.8, 4) is 5.75 Å². The van der Waals surface area contributed by atoms with E-state index in [9.17, 15) is 4.79 Å². The minimum Gasteiger partial charge on any atom is -0.410 e. The van der Waals surface area contributed by atoms with Gasteiger partial charge in [-0.2, -0.15) is 9.97 Å². The van der Waals surface area contributed by atoms with Gasteiger partial charge in [-0.3, -0.25) is 0 Å². The van der Waals surface area contributed by atoms with E-state index in [2.05, 4.69) is 31.1 Å². The zero-order chi connectivity index (χ0) is 26.8. The second kappa shape index (κ2) is 11.7. The van der Waals surface area contributed by atoms with Gasteiger partial charge in [0, 0.05) is 41.7 Å². The van der Waals surface area contributed by atoms with Gasteiger partial charge in [0.15, 0.2) is 17.0 Å². The number of rotatable bonds is 6. The number of hydrogen-bond donors (Lipinski definition) is 3. The maximum Gasteiger partial charge on any atom is 0.415 e. The lowest BCUT2D eigenvalue weighted by Gasteiger charge is -2.32. The standard InChI is InChI=1S/C28H37BrN8O2/c29-18-5-11-23(12-6-18)39-28(38)36-15-13-21(14-16-36)32-25-24-26(37(17-31-24)22-3-1-2-4-22)35-27(34-25)33-20-9-7-19(30)8-10-20/h5-6,11-12,17,19-22H,1-4,7-10,13-16,30H2,(H2,32,33,34,35)/t19-,20-. The van der Waals surface area contributed by atoms with Gasteiger partial charge in [-0.15, -0.1) is 0 Å². The van der Waals surface area contributed by atoms with Crippen LogP contribution in [0.1, 0.15) is 70.3 Å². The summed E-state index contributed by atoms with van der Waals surface area (Å²) in [6.45, 7) is 1.23. The number of benzene rings is 1. The van der Waals surface area contributed by atoms with Gasteiger partial charge in [-0.25, -0.2) is 9.78 Å². The number of aromatic nitrogens is 4. The number of carbonyl (C=O) groups excluding carboxylic acids is 1. The number of likely N-dealkylation sites (tertiary alicyclic amines) is 1. The van der Waals surface area contributed by atoms with Gasteiger partial charge in [0.25, 0.3) is 0 Å². The van der Waals surface area contributed by atoms with Crippen LogP contribution in [0.3, 0.4) is 0 Å². The van der Waals surface area contributed by atoms with Crippen LogP contribution in [0.5, 0.6) is 5.75 Å². The monoisotopic (exact) mass is 596 g/mol. The molecule has 0 spiro atoms. The quantitative estimate of drug-likeness (QED) is 0.342. The summed E-state index contributed by atoms with van der Waals surface area (Å²) in [6, 6.07) is 8.55. The highest BCUT2D eigenvalue weighted by Gasteiger charge is 2.27. The molecule has 11 heteroatoms. The lowest BCUT2D eigenvalue weighted by molar-refractivity contribution is 0.140. The molecule has 3 heterocycles. The zero-order valence-electron chi connectivity index (χ0n) is 22.2. The molecule has 0 radical (unpaired) electrons. The number of nitrogens with zero attached hydrogens (tertiary/aromatic N) is 5. The highest BCUT2D eigenvalue weighted by atomic mass is 79.9. The predicted molar refractivity (Wildman–Crippen MR) is 155 cm³/mol. The van der Waals surface area contributed by atoms with E-state index < -0.39 is 0 Å². The minimum atomic E-state index is -0.311. The van der Waals surface area contributed by atoms with Crippen LogP contribution in [-0.4, -0.2) is 61.7 Å². The Morgan fingerprint density at radius 2 is 1.62 bits per heavy atom. The first-order valence-electron chi connectivity index (χ1n) is 14.3. The van der Waals surface area contributed by atoms with E-state index in [0.29, 0.717) is 42.9 Å². The van der Waals surface area contributed by atoms with Crippen molar-refractivity contribution in [1.82, 2.24) is 24.4 Å². The third-order valence-electron chi connectivity index (χ3n) is 8.36. The average molecular weight is 598 g/mol. The molecule has 3 fully saturated rings. The predicted octanol–water partition coefficient (Wildman–Crippen LogP) is 5.46. The molecule has 3 aliphatic rings.